The van der Waals surface area contributed by atoms with Gasteiger partial charge in [0, 0.05) is 12.7 Å². The van der Waals surface area contributed by atoms with Crippen molar-refractivity contribution in [2.24, 2.45) is 0 Å². The number of amides is 1. The molecule has 5 nitrogen and oxygen atoms in total. The average molecular weight is 337 g/mol. The van der Waals surface area contributed by atoms with Gasteiger partial charge in [-0.15, -0.1) is 0 Å². The quantitative estimate of drug-likeness (QED) is 0.900. The number of benzene rings is 1. The summed E-state index contributed by atoms with van der Waals surface area (Å²) < 4.78 is 5.51. The van der Waals surface area contributed by atoms with Gasteiger partial charge in [0.1, 0.15) is 11.3 Å². The highest BCUT2D eigenvalue weighted by atomic mass is 16.5. The lowest BCUT2D eigenvalue weighted by atomic mass is 9.96. The lowest BCUT2D eigenvalue weighted by Crippen LogP contribution is -2.47. The maximum absolute atomic E-state index is 12.1. The van der Waals surface area contributed by atoms with Gasteiger partial charge in [-0.1, -0.05) is 12.1 Å². The molecule has 2 aliphatic heterocycles. The van der Waals surface area contributed by atoms with Gasteiger partial charge in [0.2, 0.25) is 5.91 Å². The molecular formula is C20H23N3O2. The third kappa shape index (κ3) is 3.00. The van der Waals surface area contributed by atoms with Gasteiger partial charge in [-0.25, -0.2) is 0 Å². The van der Waals surface area contributed by atoms with Crippen LogP contribution in [-0.2, 0) is 4.79 Å². The molecule has 130 valence electrons. The zero-order chi connectivity index (χ0) is 17.3. The van der Waals surface area contributed by atoms with Gasteiger partial charge < -0.3 is 10.1 Å². The number of nitrogens with zero attached hydrogens (tertiary/aromatic N) is 1. The molecule has 1 spiro atoms. The molecule has 2 aliphatic rings. The first kappa shape index (κ1) is 16.1. The third-order valence-electron chi connectivity index (χ3n) is 5.22. The molecule has 0 unspecified atom stereocenters. The van der Waals surface area contributed by atoms with Gasteiger partial charge in [0.05, 0.1) is 18.3 Å². The number of aromatic nitrogens is 1. The summed E-state index contributed by atoms with van der Waals surface area (Å²) in [4.78, 5) is 16.7. The first-order valence-corrected chi connectivity index (χ1v) is 8.95. The Morgan fingerprint density at radius 1 is 1.20 bits per heavy atom. The summed E-state index contributed by atoms with van der Waals surface area (Å²) in [5, 5.41) is 6.49. The Labute approximate surface area is 147 Å². The van der Waals surface area contributed by atoms with Gasteiger partial charge >= 0.3 is 0 Å². The zero-order valence-electron chi connectivity index (χ0n) is 14.4. The predicted molar refractivity (Wildman–Crippen MR) is 96.3 cm³/mol. The molecule has 2 N–H and O–H groups in total. The number of carbonyl (C=O) groups excluding carboxylic acids is 1. The van der Waals surface area contributed by atoms with Crippen LogP contribution < -0.4 is 15.4 Å². The molecule has 4 rings (SSSR count). The van der Waals surface area contributed by atoms with Crippen molar-refractivity contribution < 1.29 is 9.53 Å². The summed E-state index contributed by atoms with van der Waals surface area (Å²) in [6, 6.07) is 12.4. The van der Waals surface area contributed by atoms with Crippen molar-refractivity contribution in [2.45, 2.75) is 37.8 Å². The van der Waals surface area contributed by atoms with Crippen LogP contribution in [0.5, 0.6) is 5.75 Å². The Balaban J connectivity index is 1.55. The van der Waals surface area contributed by atoms with E-state index < -0.39 is 0 Å². The molecule has 1 aromatic heterocycles. The van der Waals surface area contributed by atoms with Crippen molar-refractivity contribution in [3.05, 3.63) is 48.3 Å². The molecule has 2 fully saturated rings. The molecule has 0 aliphatic carbocycles. The topological polar surface area (TPSA) is 63.2 Å². The van der Waals surface area contributed by atoms with Crippen LogP contribution in [0.3, 0.4) is 0 Å². The lowest BCUT2D eigenvalue weighted by Gasteiger charge is -2.21. The van der Waals surface area contributed by atoms with Crippen molar-refractivity contribution in [1.82, 2.24) is 15.6 Å². The van der Waals surface area contributed by atoms with Gasteiger partial charge in [0.25, 0.3) is 0 Å². The smallest absolute Gasteiger partial charge is 0.240 e. The number of rotatable bonds is 4. The van der Waals surface area contributed by atoms with E-state index in [1.165, 1.54) is 0 Å². The zero-order valence-corrected chi connectivity index (χ0v) is 14.4. The van der Waals surface area contributed by atoms with E-state index in [-0.39, 0.29) is 17.5 Å². The number of nitrogens with one attached hydrogen (secondary N) is 2. The number of hydrogen-bond donors (Lipinski definition) is 2. The Morgan fingerprint density at radius 2 is 2.04 bits per heavy atom. The summed E-state index contributed by atoms with van der Waals surface area (Å²) in [5.74, 6) is 1.02. The minimum Gasteiger partial charge on any atom is -0.494 e. The van der Waals surface area contributed by atoms with Crippen LogP contribution in [0.15, 0.2) is 42.6 Å². The Kier molecular flexibility index (Phi) is 4.17. The minimum absolute atomic E-state index is 0.131. The highest BCUT2D eigenvalue weighted by Crippen LogP contribution is 2.37. The van der Waals surface area contributed by atoms with Crippen LogP contribution in [0.2, 0.25) is 0 Å². The molecule has 0 radical (unpaired) electrons. The van der Waals surface area contributed by atoms with Crippen LogP contribution in [0.1, 0.15) is 37.9 Å². The molecule has 3 heterocycles. The van der Waals surface area contributed by atoms with Crippen LogP contribution in [0, 0.1) is 0 Å². The van der Waals surface area contributed by atoms with E-state index in [4.69, 9.17) is 4.74 Å². The molecule has 0 saturated carbocycles. The van der Waals surface area contributed by atoms with E-state index in [2.05, 4.69) is 33.8 Å². The number of pyridine rings is 1. The molecular weight excluding hydrogens is 314 g/mol. The fraction of sp³-hybridized carbons (Fsp3) is 0.400. The summed E-state index contributed by atoms with van der Waals surface area (Å²) in [7, 11) is 0. The van der Waals surface area contributed by atoms with Gasteiger partial charge in [-0.3, -0.25) is 15.1 Å². The predicted octanol–water partition coefficient (Wildman–Crippen LogP) is 2.83. The van der Waals surface area contributed by atoms with Gasteiger partial charge in [-0.2, -0.15) is 0 Å². The molecule has 25 heavy (non-hydrogen) atoms. The van der Waals surface area contributed by atoms with Gasteiger partial charge in [0.15, 0.2) is 0 Å². The van der Waals surface area contributed by atoms with E-state index in [0.717, 1.165) is 48.4 Å². The molecule has 2 atom stereocenters. The second-order valence-electron chi connectivity index (χ2n) is 6.75. The van der Waals surface area contributed by atoms with Crippen LogP contribution in [0.4, 0.5) is 0 Å². The van der Waals surface area contributed by atoms with E-state index >= 15 is 0 Å². The average Bonchev–Trinajstić information content (AvgIpc) is 3.24. The highest BCUT2D eigenvalue weighted by Gasteiger charge is 2.48. The molecule has 1 amide bonds. The normalized spacial score (nSPS) is 25.3. The molecule has 1 aromatic carbocycles. The third-order valence-corrected chi connectivity index (χ3v) is 5.22. The maximum Gasteiger partial charge on any atom is 0.240 e. The van der Waals surface area contributed by atoms with Crippen LogP contribution in [-0.4, -0.2) is 29.6 Å². The van der Waals surface area contributed by atoms with Crippen molar-refractivity contribution in [3.8, 4) is 16.9 Å². The van der Waals surface area contributed by atoms with Crippen LogP contribution >= 0.6 is 0 Å². The molecule has 5 heteroatoms. The second-order valence-corrected chi connectivity index (χ2v) is 6.75. The summed E-state index contributed by atoms with van der Waals surface area (Å²) in [6.07, 6.45) is 4.52. The Bertz CT molecular complexity index is 775. The fourth-order valence-electron chi connectivity index (χ4n) is 3.87. The van der Waals surface area contributed by atoms with E-state index in [0.29, 0.717) is 6.61 Å². The molecule has 2 aromatic rings. The van der Waals surface area contributed by atoms with Crippen molar-refractivity contribution in [2.75, 3.05) is 13.2 Å². The van der Waals surface area contributed by atoms with Crippen molar-refractivity contribution >= 4 is 5.91 Å². The second kappa shape index (κ2) is 6.48. The number of hydrogen-bond acceptors (Lipinski definition) is 4. The van der Waals surface area contributed by atoms with E-state index in [1.807, 2.05) is 31.3 Å². The van der Waals surface area contributed by atoms with Gasteiger partial charge in [-0.05, 0) is 61.6 Å². The number of carbonyl (C=O) groups is 1. The Hall–Kier alpha value is -2.40. The molecule has 0 bridgehead atoms. The summed E-state index contributed by atoms with van der Waals surface area (Å²) in [6.45, 7) is 3.41. The van der Waals surface area contributed by atoms with Crippen LogP contribution in [0.25, 0.3) is 11.1 Å². The Morgan fingerprint density at radius 3 is 2.76 bits per heavy atom. The largest absolute Gasteiger partial charge is 0.494 e. The minimum atomic E-state index is -0.387. The van der Waals surface area contributed by atoms with E-state index in [1.54, 1.807) is 0 Å². The highest BCUT2D eigenvalue weighted by molar-refractivity contribution is 5.88. The number of ether oxygens (including phenoxy) is 1. The first-order valence-electron chi connectivity index (χ1n) is 8.95. The molecule has 2 saturated heterocycles. The fourth-order valence-corrected chi connectivity index (χ4v) is 3.87. The summed E-state index contributed by atoms with van der Waals surface area (Å²) >= 11 is 0. The standard InChI is InChI=1S/C20H23N3O2/c1-2-25-16-5-3-14(4-6-16)15-8-11-21-18(13-15)17-7-9-20(23-17)10-12-22-19(20)24/h3-6,8,11,13,17,23H,2,7,9-10,12H2,1H3,(H,22,24)/t17-,20-/m1/s1. The van der Waals surface area contributed by atoms with Crippen molar-refractivity contribution in [3.63, 3.8) is 0 Å². The van der Waals surface area contributed by atoms with Crippen molar-refractivity contribution in [1.29, 1.82) is 0 Å². The monoisotopic (exact) mass is 337 g/mol. The summed E-state index contributed by atoms with van der Waals surface area (Å²) in [5.41, 5.74) is 2.88. The van der Waals surface area contributed by atoms with E-state index in [9.17, 15) is 4.79 Å². The SMILES string of the molecule is CCOc1ccc(-c2ccnc([C@H]3CC[C@]4(CCNC4=O)N3)c2)cc1. The first-order chi connectivity index (χ1) is 12.2. The maximum atomic E-state index is 12.1. The lowest BCUT2D eigenvalue weighted by molar-refractivity contribution is -0.124.